The molecule has 4 nitrogen and oxygen atoms in total. The van der Waals surface area contributed by atoms with E-state index in [1.54, 1.807) is 0 Å². The van der Waals surface area contributed by atoms with Gasteiger partial charge in [0.1, 0.15) is 10.8 Å². The molecule has 1 aliphatic carbocycles. The zero-order valence-corrected chi connectivity index (χ0v) is 20.3. The van der Waals surface area contributed by atoms with Gasteiger partial charge in [-0.15, -0.1) is 11.3 Å². The number of benzene rings is 2. The molecule has 1 aromatic heterocycles. The Kier molecular flexibility index (Phi) is 5.30. The smallest absolute Gasteiger partial charge is 0.197 e. The Balaban J connectivity index is 1.65. The SMILES string of the molecule is CC1(C)CC(=O)C2=C(C1)OC(N)=C(c1nc(-c3ccccc3)cs1)C2c1ccc(Br)cc1. The van der Waals surface area contributed by atoms with Gasteiger partial charge in [-0.1, -0.05) is 72.2 Å². The van der Waals surface area contributed by atoms with Crippen molar-refractivity contribution in [3.63, 3.8) is 0 Å². The molecular weight excluding hydrogens is 484 g/mol. The summed E-state index contributed by atoms with van der Waals surface area (Å²) >= 11 is 5.04. The van der Waals surface area contributed by atoms with Crippen LogP contribution in [0.2, 0.25) is 0 Å². The molecule has 2 N–H and O–H groups in total. The molecule has 0 spiro atoms. The van der Waals surface area contributed by atoms with Crippen LogP contribution in [0.4, 0.5) is 0 Å². The lowest BCUT2D eigenvalue weighted by atomic mass is 9.70. The summed E-state index contributed by atoms with van der Waals surface area (Å²) in [4.78, 5) is 18.3. The summed E-state index contributed by atoms with van der Waals surface area (Å²) in [5.41, 5.74) is 10.8. The number of allylic oxidation sites excluding steroid dienone is 3. The predicted molar refractivity (Wildman–Crippen MR) is 132 cm³/mol. The second kappa shape index (κ2) is 8.01. The Hall–Kier alpha value is -2.70. The van der Waals surface area contributed by atoms with Gasteiger partial charge in [0.05, 0.1) is 11.3 Å². The summed E-state index contributed by atoms with van der Waals surface area (Å²) in [6, 6.07) is 18.1. The van der Waals surface area contributed by atoms with Crippen LogP contribution in [0.25, 0.3) is 16.8 Å². The molecule has 6 heteroatoms. The maximum atomic E-state index is 13.4. The number of Topliss-reactive ketones (excluding diaryl/α,β-unsaturated/α-hetero) is 1. The number of hydrogen-bond acceptors (Lipinski definition) is 5. The second-order valence-electron chi connectivity index (χ2n) is 9.05. The molecule has 2 aromatic carbocycles. The van der Waals surface area contributed by atoms with Gasteiger partial charge in [0.2, 0.25) is 0 Å². The quantitative estimate of drug-likeness (QED) is 0.431. The lowest BCUT2D eigenvalue weighted by Crippen LogP contribution is -2.33. The summed E-state index contributed by atoms with van der Waals surface area (Å²) in [5, 5.41) is 2.80. The van der Waals surface area contributed by atoms with Crippen LogP contribution in [0.15, 0.2) is 81.7 Å². The number of carbonyl (C=O) groups excluding carboxylic acids is 1. The van der Waals surface area contributed by atoms with Crippen LogP contribution >= 0.6 is 27.3 Å². The fraction of sp³-hybridized carbons (Fsp3) is 0.231. The van der Waals surface area contributed by atoms with Crippen LogP contribution in [-0.2, 0) is 9.53 Å². The van der Waals surface area contributed by atoms with Gasteiger partial charge >= 0.3 is 0 Å². The van der Waals surface area contributed by atoms with Gasteiger partial charge in [-0.2, -0.15) is 0 Å². The van der Waals surface area contributed by atoms with Gasteiger partial charge in [-0.05, 0) is 23.1 Å². The highest BCUT2D eigenvalue weighted by atomic mass is 79.9. The number of ether oxygens (including phenoxy) is 1. The van der Waals surface area contributed by atoms with Crippen molar-refractivity contribution in [1.29, 1.82) is 0 Å². The van der Waals surface area contributed by atoms with Crippen molar-refractivity contribution in [2.75, 3.05) is 0 Å². The van der Waals surface area contributed by atoms with E-state index in [0.717, 1.165) is 31.9 Å². The fourth-order valence-electron chi connectivity index (χ4n) is 4.52. The van der Waals surface area contributed by atoms with E-state index in [9.17, 15) is 4.79 Å². The highest BCUT2D eigenvalue weighted by molar-refractivity contribution is 9.10. The van der Waals surface area contributed by atoms with Crippen molar-refractivity contribution in [2.45, 2.75) is 32.6 Å². The Morgan fingerprint density at radius 3 is 2.50 bits per heavy atom. The molecule has 162 valence electrons. The molecular formula is C26H23BrN2O2S. The standard InChI is InChI=1S/C26H23BrN2O2S/c1-26(2)12-19(30)22-20(13-26)31-24(28)23(21(22)16-8-10-17(27)11-9-16)25-29-18(14-32-25)15-6-4-3-5-7-15/h3-11,14,21H,12-13,28H2,1-2H3. The molecule has 0 bridgehead atoms. The number of nitrogens with zero attached hydrogens (tertiary/aromatic N) is 1. The largest absolute Gasteiger partial charge is 0.445 e. The van der Waals surface area contributed by atoms with Crippen molar-refractivity contribution in [3.8, 4) is 11.3 Å². The van der Waals surface area contributed by atoms with E-state index in [-0.39, 0.29) is 17.1 Å². The third kappa shape index (κ3) is 3.82. The van der Waals surface area contributed by atoms with Crippen LogP contribution in [0.5, 0.6) is 0 Å². The zero-order chi connectivity index (χ0) is 22.5. The molecule has 0 amide bonds. The summed E-state index contributed by atoms with van der Waals surface area (Å²) < 4.78 is 7.11. The maximum Gasteiger partial charge on any atom is 0.197 e. The van der Waals surface area contributed by atoms with Gasteiger partial charge in [-0.25, -0.2) is 4.98 Å². The molecule has 5 rings (SSSR count). The lowest BCUT2D eigenvalue weighted by molar-refractivity contribution is -0.118. The van der Waals surface area contributed by atoms with E-state index in [2.05, 4.69) is 29.8 Å². The minimum absolute atomic E-state index is 0.119. The van der Waals surface area contributed by atoms with Crippen LogP contribution in [0.1, 0.15) is 43.2 Å². The van der Waals surface area contributed by atoms with Crippen molar-refractivity contribution >= 4 is 38.6 Å². The highest BCUT2D eigenvalue weighted by Crippen LogP contribution is 2.51. The third-order valence-electron chi connectivity index (χ3n) is 5.96. The first-order valence-corrected chi connectivity index (χ1v) is 12.2. The normalized spacial score (nSPS) is 20.2. The number of thiazole rings is 1. The number of ketones is 1. The van der Waals surface area contributed by atoms with Gasteiger partial charge in [-0.3, -0.25) is 4.79 Å². The minimum atomic E-state index is -0.301. The molecule has 3 aromatic rings. The first kappa shape index (κ1) is 21.2. The average Bonchev–Trinajstić information content (AvgIpc) is 3.23. The van der Waals surface area contributed by atoms with Gasteiger partial charge in [0.15, 0.2) is 11.7 Å². The van der Waals surface area contributed by atoms with Gasteiger partial charge in [0.25, 0.3) is 0 Å². The lowest BCUT2D eigenvalue weighted by Gasteiger charge is -2.38. The van der Waals surface area contributed by atoms with Crippen LogP contribution in [0.3, 0.4) is 0 Å². The van der Waals surface area contributed by atoms with E-state index in [4.69, 9.17) is 15.5 Å². The molecule has 0 radical (unpaired) electrons. The molecule has 1 atom stereocenters. The van der Waals surface area contributed by atoms with E-state index >= 15 is 0 Å². The number of halogens is 1. The first-order chi connectivity index (χ1) is 15.3. The fourth-order valence-corrected chi connectivity index (χ4v) is 5.69. The number of nitrogens with two attached hydrogens (primary N) is 1. The number of rotatable bonds is 3. The molecule has 0 saturated heterocycles. The van der Waals surface area contributed by atoms with E-state index in [0.29, 0.717) is 30.1 Å². The predicted octanol–water partition coefficient (Wildman–Crippen LogP) is 6.66. The highest BCUT2D eigenvalue weighted by Gasteiger charge is 2.43. The van der Waals surface area contributed by atoms with Crippen LogP contribution < -0.4 is 5.73 Å². The van der Waals surface area contributed by atoms with Crippen molar-refractivity contribution in [3.05, 3.63) is 92.2 Å². The molecule has 0 fully saturated rings. The second-order valence-corrected chi connectivity index (χ2v) is 10.8. The Bertz CT molecular complexity index is 1260. The number of carbonyl (C=O) groups is 1. The first-order valence-electron chi connectivity index (χ1n) is 10.5. The monoisotopic (exact) mass is 506 g/mol. The van der Waals surface area contributed by atoms with E-state index < -0.39 is 0 Å². The third-order valence-corrected chi connectivity index (χ3v) is 7.37. The van der Waals surface area contributed by atoms with Crippen molar-refractivity contribution in [2.24, 2.45) is 11.1 Å². The molecule has 1 aliphatic heterocycles. The van der Waals surface area contributed by atoms with Crippen LogP contribution in [-0.4, -0.2) is 10.8 Å². The summed E-state index contributed by atoms with van der Waals surface area (Å²) in [7, 11) is 0. The van der Waals surface area contributed by atoms with Crippen LogP contribution in [0, 0.1) is 5.41 Å². The van der Waals surface area contributed by atoms with Crippen molar-refractivity contribution in [1.82, 2.24) is 4.98 Å². The Morgan fingerprint density at radius 2 is 1.78 bits per heavy atom. The Morgan fingerprint density at radius 1 is 1.06 bits per heavy atom. The van der Waals surface area contributed by atoms with Gasteiger partial charge < -0.3 is 10.5 Å². The molecule has 0 saturated carbocycles. The van der Waals surface area contributed by atoms with Crippen molar-refractivity contribution < 1.29 is 9.53 Å². The topological polar surface area (TPSA) is 65.2 Å². The van der Waals surface area contributed by atoms with E-state index in [1.807, 2.05) is 60.0 Å². The minimum Gasteiger partial charge on any atom is -0.445 e. The molecule has 2 aliphatic rings. The Labute approximate surface area is 200 Å². The molecule has 32 heavy (non-hydrogen) atoms. The molecule has 2 heterocycles. The van der Waals surface area contributed by atoms with Gasteiger partial charge in [0, 0.05) is 39.7 Å². The zero-order valence-electron chi connectivity index (χ0n) is 17.9. The van der Waals surface area contributed by atoms with E-state index in [1.165, 1.54) is 11.3 Å². The average molecular weight is 507 g/mol. The molecule has 1 unspecified atom stereocenters. The maximum absolute atomic E-state index is 13.4. The summed E-state index contributed by atoms with van der Waals surface area (Å²) in [6.45, 7) is 4.18. The number of aromatic nitrogens is 1. The summed E-state index contributed by atoms with van der Waals surface area (Å²) in [6.07, 6.45) is 1.17. The summed E-state index contributed by atoms with van der Waals surface area (Å²) in [5.74, 6) is 0.843. The number of hydrogen-bond donors (Lipinski definition) is 1.